The van der Waals surface area contributed by atoms with E-state index in [4.69, 9.17) is 4.74 Å². The van der Waals surface area contributed by atoms with Crippen LogP contribution in [0.4, 0.5) is 4.79 Å². The molecule has 0 radical (unpaired) electrons. The molecule has 0 fully saturated rings. The molecule has 0 spiro atoms. The standard InChI is InChI=1S/C14H19N3O3/c1-11(13(18)15-10-17(2)3)16-14(19)20-9-12-7-5-4-6-8-12/h4-8,10-11H,9H2,1-3H3,(H,16,19). The van der Waals surface area contributed by atoms with Crippen molar-refractivity contribution in [2.45, 2.75) is 19.6 Å². The fourth-order valence-corrected chi connectivity index (χ4v) is 1.29. The van der Waals surface area contributed by atoms with E-state index in [1.54, 1.807) is 25.9 Å². The second-order valence-electron chi connectivity index (χ2n) is 4.47. The number of nitrogens with one attached hydrogen (secondary N) is 1. The van der Waals surface area contributed by atoms with Gasteiger partial charge in [0.05, 0.1) is 6.34 Å². The Hall–Kier alpha value is -2.37. The number of ether oxygens (including phenoxy) is 1. The van der Waals surface area contributed by atoms with Gasteiger partial charge in [-0.15, -0.1) is 0 Å². The van der Waals surface area contributed by atoms with E-state index in [-0.39, 0.29) is 6.61 Å². The number of rotatable bonds is 5. The number of nitrogens with zero attached hydrogens (tertiary/aromatic N) is 2. The Balaban J connectivity index is 2.36. The van der Waals surface area contributed by atoms with Gasteiger partial charge in [0.15, 0.2) is 0 Å². The monoisotopic (exact) mass is 277 g/mol. The summed E-state index contributed by atoms with van der Waals surface area (Å²) in [5, 5.41) is 2.43. The van der Waals surface area contributed by atoms with E-state index in [0.29, 0.717) is 0 Å². The maximum Gasteiger partial charge on any atom is 0.408 e. The van der Waals surface area contributed by atoms with Crippen molar-refractivity contribution >= 4 is 18.3 Å². The summed E-state index contributed by atoms with van der Waals surface area (Å²) < 4.78 is 5.01. The molecule has 0 aliphatic rings. The van der Waals surface area contributed by atoms with Crippen LogP contribution in [0.2, 0.25) is 0 Å². The lowest BCUT2D eigenvalue weighted by atomic mass is 10.2. The van der Waals surface area contributed by atoms with Crippen molar-refractivity contribution in [2.24, 2.45) is 4.99 Å². The third-order valence-corrected chi connectivity index (χ3v) is 2.33. The van der Waals surface area contributed by atoms with Gasteiger partial charge in [0.25, 0.3) is 5.91 Å². The first-order chi connectivity index (χ1) is 9.49. The summed E-state index contributed by atoms with van der Waals surface area (Å²) in [6, 6.07) is 8.58. The maximum absolute atomic E-state index is 11.6. The Kier molecular flexibility index (Phi) is 6.22. The number of hydrogen-bond donors (Lipinski definition) is 1. The molecular formula is C14H19N3O3. The molecule has 6 nitrogen and oxygen atoms in total. The normalized spacial score (nSPS) is 11.9. The number of aliphatic imine (C=N–C) groups is 1. The van der Waals surface area contributed by atoms with Gasteiger partial charge < -0.3 is 15.0 Å². The second-order valence-corrected chi connectivity index (χ2v) is 4.47. The molecule has 1 rings (SSSR count). The second kappa shape index (κ2) is 7.93. The summed E-state index contributed by atoms with van der Waals surface area (Å²) in [7, 11) is 3.51. The van der Waals surface area contributed by atoms with Crippen LogP contribution in [0.25, 0.3) is 0 Å². The van der Waals surface area contributed by atoms with Gasteiger partial charge in [0.1, 0.15) is 12.6 Å². The van der Waals surface area contributed by atoms with E-state index < -0.39 is 18.0 Å². The molecule has 20 heavy (non-hydrogen) atoms. The molecule has 6 heteroatoms. The Morgan fingerprint density at radius 2 is 2.00 bits per heavy atom. The highest BCUT2D eigenvalue weighted by atomic mass is 16.5. The highest BCUT2D eigenvalue weighted by molar-refractivity contribution is 5.90. The van der Waals surface area contributed by atoms with Crippen LogP contribution in [0.1, 0.15) is 12.5 Å². The van der Waals surface area contributed by atoms with Crippen LogP contribution in [-0.4, -0.2) is 43.4 Å². The van der Waals surface area contributed by atoms with Gasteiger partial charge in [0, 0.05) is 14.1 Å². The molecule has 0 bridgehead atoms. The largest absolute Gasteiger partial charge is 0.445 e. The lowest BCUT2D eigenvalue weighted by Gasteiger charge is -2.11. The van der Waals surface area contributed by atoms with Gasteiger partial charge >= 0.3 is 6.09 Å². The summed E-state index contributed by atoms with van der Waals surface area (Å²) in [6.45, 7) is 1.72. The van der Waals surface area contributed by atoms with Crippen molar-refractivity contribution in [2.75, 3.05) is 14.1 Å². The summed E-state index contributed by atoms with van der Waals surface area (Å²) >= 11 is 0. The van der Waals surface area contributed by atoms with E-state index in [9.17, 15) is 9.59 Å². The molecule has 0 saturated heterocycles. The van der Waals surface area contributed by atoms with Crippen molar-refractivity contribution in [3.05, 3.63) is 35.9 Å². The van der Waals surface area contributed by atoms with Crippen molar-refractivity contribution in [3.8, 4) is 0 Å². The van der Waals surface area contributed by atoms with Crippen LogP contribution in [0, 0.1) is 0 Å². The Labute approximate surface area is 118 Å². The predicted octanol–water partition coefficient (Wildman–Crippen LogP) is 1.42. The topological polar surface area (TPSA) is 71.0 Å². The van der Waals surface area contributed by atoms with E-state index in [2.05, 4.69) is 10.3 Å². The highest BCUT2D eigenvalue weighted by Crippen LogP contribution is 2.00. The van der Waals surface area contributed by atoms with E-state index in [0.717, 1.165) is 5.56 Å². The Morgan fingerprint density at radius 1 is 1.35 bits per heavy atom. The summed E-state index contributed by atoms with van der Waals surface area (Å²) in [5.74, 6) is -0.435. The van der Waals surface area contributed by atoms with E-state index >= 15 is 0 Å². The van der Waals surface area contributed by atoms with Crippen molar-refractivity contribution in [3.63, 3.8) is 0 Å². The average Bonchev–Trinajstić information content (AvgIpc) is 2.43. The molecular weight excluding hydrogens is 258 g/mol. The van der Waals surface area contributed by atoms with E-state index in [1.165, 1.54) is 6.34 Å². The van der Waals surface area contributed by atoms with Crippen LogP contribution in [-0.2, 0) is 16.1 Å². The molecule has 0 heterocycles. The molecule has 1 atom stereocenters. The van der Waals surface area contributed by atoms with Gasteiger partial charge in [-0.25, -0.2) is 9.79 Å². The van der Waals surface area contributed by atoms with Gasteiger partial charge in [0.2, 0.25) is 0 Å². The van der Waals surface area contributed by atoms with Gasteiger partial charge in [-0.2, -0.15) is 0 Å². The third kappa shape index (κ3) is 5.99. The zero-order valence-electron chi connectivity index (χ0n) is 11.9. The fraction of sp³-hybridized carbons (Fsp3) is 0.357. The molecule has 108 valence electrons. The van der Waals surface area contributed by atoms with Crippen LogP contribution >= 0.6 is 0 Å². The minimum absolute atomic E-state index is 0.161. The predicted molar refractivity (Wildman–Crippen MR) is 76.4 cm³/mol. The Bertz CT molecular complexity index is 472. The fourth-order valence-electron chi connectivity index (χ4n) is 1.29. The van der Waals surface area contributed by atoms with Gasteiger partial charge in [-0.1, -0.05) is 30.3 Å². The number of benzene rings is 1. The molecule has 0 saturated carbocycles. The highest BCUT2D eigenvalue weighted by Gasteiger charge is 2.15. The average molecular weight is 277 g/mol. The van der Waals surface area contributed by atoms with Crippen LogP contribution in [0.3, 0.4) is 0 Å². The van der Waals surface area contributed by atoms with Gasteiger partial charge in [-0.05, 0) is 12.5 Å². The number of carbonyl (C=O) groups excluding carboxylic acids is 2. The number of hydrogen-bond acceptors (Lipinski definition) is 3. The first-order valence-corrected chi connectivity index (χ1v) is 6.20. The van der Waals surface area contributed by atoms with Crippen LogP contribution in [0.15, 0.2) is 35.3 Å². The summed E-state index contributed by atoms with van der Waals surface area (Å²) in [5.41, 5.74) is 0.882. The van der Waals surface area contributed by atoms with Gasteiger partial charge in [-0.3, -0.25) is 4.79 Å². The quantitative estimate of drug-likeness (QED) is 0.652. The van der Waals surface area contributed by atoms with Crippen molar-refractivity contribution in [1.29, 1.82) is 0 Å². The summed E-state index contributed by atoms with van der Waals surface area (Å²) in [4.78, 5) is 28.4. The zero-order chi connectivity index (χ0) is 15.0. The number of carbonyl (C=O) groups is 2. The third-order valence-electron chi connectivity index (χ3n) is 2.33. The molecule has 0 aliphatic carbocycles. The lowest BCUT2D eigenvalue weighted by Crippen LogP contribution is -2.38. The molecule has 0 aromatic heterocycles. The molecule has 1 N–H and O–H groups in total. The minimum atomic E-state index is -0.727. The molecule has 2 amide bonds. The minimum Gasteiger partial charge on any atom is -0.445 e. The molecule has 0 aliphatic heterocycles. The van der Waals surface area contributed by atoms with Crippen molar-refractivity contribution < 1.29 is 14.3 Å². The molecule has 1 aromatic carbocycles. The first kappa shape index (κ1) is 15.7. The number of amides is 2. The number of alkyl carbamates (subject to hydrolysis) is 1. The molecule has 1 unspecified atom stereocenters. The van der Waals surface area contributed by atoms with E-state index in [1.807, 2.05) is 30.3 Å². The van der Waals surface area contributed by atoms with Crippen LogP contribution < -0.4 is 5.32 Å². The zero-order valence-corrected chi connectivity index (χ0v) is 11.9. The van der Waals surface area contributed by atoms with Crippen LogP contribution in [0.5, 0.6) is 0 Å². The summed E-state index contributed by atoms with van der Waals surface area (Å²) in [6.07, 6.45) is 0.741. The van der Waals surface area contributed by atoms with Crippen molar-refractivity contribution in [1.82, 2.24) is 10.2 Å². The smallest absolute Gasteiger partial charge is 0.408 e. The SMILES string of the molecule is CC(NC(=O)OCc1ccccc1)C(=O)N=CN(C)C. The lowest BCUT2D eigenvalue weighted by molar-refractivity contribution is -0.119. The molecule has 1 aromatic rings. The first-order valence-electron chi connectivity index (χ1n) is 6.20. The Morgan fingerprint density at radius 3 is 2.60 bits per heavy atom. The maximum atomic E-state index is 11.6.